The molecule has 0 aliphatic carbocycles. The predicted octanol–water partition coefficient (Wildman–Crippen LogP) is 3.96. The van der Waals surface area contributed by atoms with Gasteiger partial charge in [0.05, 0.1) is 19.8 Å². The number of nitrogens with one attached hydrogen (secondary N) is 1. The third-order valence-corrected chi connectivity index (χ3v) is 4.14. The molecule has 5 nitrogen and oxygen atoms in total. The topological polar surface area (TPSA) is 50.8 Å². The number of benzene rings is 2. The van der Waals surface area contributed by atoms with E-state index in [9.17, 15) is 4.79 Å². The molecule has 0 radical (unpaired) electrons. The Bertz CT molecular complexity index is 785. The molecule has 2 aromatic carbocycles. The minimum Gasteiger partial charge on any atom is -0.497 e. The van der Waals surface area contributed by atoms with Gasteiger partial charge in [-0.25, -0.2) is 0 Å². The molecule has 0 spiro atoms. The maximum atomic E-state index is 12.7. The summed E-state index contributed by atoms with van der Waals surface area (Å²) in [6, 6.07) is 13.1. The number of anilines is 1. The highest BCUT2D eigenvalue weighted by atomic mass is 16.5. The van der Waals surface area contributed by atoms with Gasteiger partial charge in [-0.3, -0.25) is 4.79 Å². The number of hydrogen-bond donors (Lipinski definition) is 1. The number of ether oxygens (including phenoxy) is 2. The standard InChI is InChI=1S/C22H28N2O3/c1-24(2)15-7-14-23-20-9-6-5-8-17(20)10-12-21(25)19-16-18(26-3)11-13-22(19)27-4/h5-6,8-13,16,23H,7,14-15H2,1-4H3/b12-10+. The predicted molar refractivity (Wildman–Crippen MR) is 111 cm³/mol. The van der Waals surface area contributed by atoms with Crippen molar-refractivity contribution in [2.24, 2.45) is 0 Å². The number of methoxy groups -OCH3 is 2. The van der Waals surface area contributed by atoms with Gasteiger partial charge in [-0.2, -0.15) is 0 Å². The Morgan fingerprint density at radius 1 is 1.11 bits per heavy atom. The van der Waals surface area contributed by atoms with Gasteiger partial charge >= 0.3 is 0 Å². The van der Waals surface area contributed by atoms with Crippen molar-refractivity contribution in [2.45, 2.75) is 6.42 Å². The van der Waals surface area contributed by atoms with Crippen molar-refractivity contribution >= 4 is 17.5 Å². The van der Waals surface area contributed by atoms with E-state index in [1.165, 1.54) is 0 Å². The second-order valence-corrected chi connectivity index (χ2v) is 6.43. The summed E-state index contributed by atoms with van der Waals surface area (Å²) >= 11 is 0. The van der Waals surface area contributed by atoms with Crippen LogP contribution in [0.4, 0.5) is 5.69 Å². The van der Waals surface area contributed by atoms with Crippen LogP contribution in [0.15, 0.2) is 48.5 Å². The number of hydrogen-bond acceptors (Lipinski definition) is 5. The zero-order valence-corrected chi connectivity index (χ0v) is 16.5. The van der Waals surface area contributed by atoms with Crippen LogP contribution >= 0.6 is 0 Å². The molecular weight excluding hydrogens is 340 g/mol. The average molecular weight is 368 g/mol. The van der Waals surface area contributed by atoms with Crippen molar-refractivity contribution in [3.05, 3.63) is 59.7 Å². The molecule has 144 valence electrons. The first kappa shape index (κ1) is 20.5. The molecule has 1 N–H and O–H groups in total. The number of para-hydroxylation sites is 1. The molecule has 0 aliphatic heterocycles. The number of carbonyl (C=O) groups excluding carboxylic acids is 1. The van der Waals surface area contributed by atoms with Gasteiger partial charge in [-0.15, -0.1) is 0 Å². The van der Waals surface area contributed by atoms with Crippen molar-refractivity contribution in [3.8, 4) is 11.5 Å². The van der Waals surface area contributed by atoms with Crippen LogP contribution in [0.2, 0.25) is 0 Å². The van der Waals surface area contributed by atoms with E-state index in [4.69, 9.17) is 9.47 Å². The highest BCUT2D eigenvalue weighted by molar-refractivity contribution is 6.09. The second-order valence-electron chi connectivity index (χ2n) is 6.43. The summed E-state index contributed by atoms with van der Waals surface area (Å²) in [4.78, 5) is 14.8. The van der Waals surface area contributed by atoms with Crippen molar-refractivity contribution in [1.29, 1.82) is 0 Å². The number of carbonyl (C=O) groups is 1. The highest BCUT2D eigenvalue weighted by Crippen LogP contribution is 2.25. The Kier molecular flexibility index (Phi) is 7.89. The first-order valence-corrected chi connectivity index (χ1v) is 8.97. The lowest BCUT2D eigenvalue weighted by Crippen LogP contribution is -2.16. The fourth-order valence-electron chi connectivity index (χ4n) is 2.68. The van der Waals surface area contributed by atoms with E-state index in [1.54, 1.807) is 38.5 Å². The SMILES string of the molecule is COc1ccc(OC)c(C(=O)/C=C/c2ccccc2NCCCN(C)C)c1. The van der Waals surface area contributed by atoms with Gasteiger partial charge in [0.25, 0.3) is 0 Å². The molecule has 0 aromatic heterocycles. The van der Waals surface area contributed by atoms with Crippen molar-refractivity contribution < 1.29 is 14.3 Å². The van der Waals surface area contributed by atoms with Crippen molar-refractivity contribution in [3.63, 3.8) is 0 Å². The zero-order chi connectivity index (χ0) is 19.6. The monoisotopic (exact) mass is 368 g/mol. The Balaban J connectivity index is 2.12. The van der Waals surface area contributed by atoms with Crippen LogP contribution in [-0.2, 0) is 0 Å². The molecule has 0 bridgehead atoms. The van der Waals surface area contributed by atoms with E-state index in [1.807, 2.05) is 30.3 Å². The molecule has 2 rings (SSSR count). The number of nitrogens with zero attached hydrogens (tertiary/aromatic N) is 1. The number of rotatable bonds is 10. The Labute approximate surface area is 161 Å². The molecule has 0 aliphatic rings. The molecule has 0 atom stereocenters. The van der Waals surface area contributed by atoms with Crippen LogP contribution in [0.1, 0.15) is 22.3 Å². The van der Waals surface area contributed by atoms with E-state index >= 15 is 0 Å². The van der Waals surface area contributed by atoms with Gasteiger partial charge < -0.3 is 19.7 Å². The van der Waals surface area contributed by atoms with E-state index < -0.39 is 0 Å². The Hall–Kier alpha value is -2.79. The van der Waals surface area contributed by atoms with E-state index in [0.717, 1.165) is 30.8 Å². The quantitative estimate of drug-likeness (QED) is 0.391. The van der Waals surface area contributed by atoms with E-state index in [2.05, 4.69) is 24.3 Å². The summed E-state index contributed by atoms with van der Waals surface area (Å²) in [5, 5.41) is 3.44. The molecule has 27 heavy (non-hydrogen) atoms. The number of allylic oxidation sites excluding steroid dienone is 1. The summed E-state index contributed by atoms with van der Waals surface area (Å²) in [6.07, 6.45) is 4.44. The molecule has 0 amide bonds. The summed E-state index contributed by atoms with van der Waals surface area (Å²) in [5.41, 5.74) is 2.46. The first-order valence-electron chi connectivity index (χ1n) is 8.97. The van der Waals surface area contributed by atoms with Crippen LogP contribution in [0.5, 0.6) is 11.5 Å². The lowest BCUT2D eigenvalue weighted by atomic mass is 10.1. The van der Waals surface area contributed by atoms with E-state index in [-0.39, 0.29) is 5.78 Å². The second kappa shape index (κ2) is 10.4. The van der Waals surface area contributed by atoms with Gasteiger partial charge in [-0.05, 0) is 69.0 Å². The molecular formula is C22H28N2O3. The third kappa shape index (κ3) is 6.15. The zero-order valence-electron chi connectivity index (χ0n) is 16.5. The fourth-order valence-corrected chi connectivity index (χ4v) is 2.68. The first-order chi connectivity index (χ1) is 13.0. The van der Waals surface area contributed by atoms with Crippen LogP contribution in [0.25, 0.3) is 6.08 Å². The molecule has 0 fully saturated rings. The number of ketones is 1. The lowest BCUT2D eigenvalue weighted by Gasteiger charge is -2.12. The molecule has 2 aromatic rings. The molecule has 0 unspecified atom stereocenters. The van der Waals surface area contributed by atoms with Crippen LogP contribution < -0.4 is 14.8 Å². The van der Waals surface area contributed by atoms with Crippen molar-refractivity contribution in [2.75, 3.05) is 46.7 Å². The van der Waals surface area contributed by atoms with Crippen LogP contribution in [-0.4, -0.2) is 52.1 Å². The maximum absolute atomic E-state index is 12.7. The largest absolute Gasteiger partial charge is 0.497 e. The van der Waals surface area contributed by atoms with Crippen LogP contribution in [0, 0.1) is 0 Å². The third-order valence-electron chi connectivity index (χ3n) is 4.14. The molecule has 5 heteroatoms. The van der Waals surface area contributed by atoms with Gasteiger partial charge in [0.2, 0.25) is 0 Å². The van der Waals surface area contributed by atoms with E-state index in [0.29, 0.717) is 17.1 Å². The lowest BCUT2D eigenvalue weighted by molar-refractivity contribution is 0.104. The summed E-state index contributed by atoms with van der Waals surface area (Å²) in [7, 11) is 7.25. The minimum atomic E-state index is -0.131. The smallest absolute Gasteiger partial charge is 0.189 e. The molecule has 0 saturated heterocycles. The average Bonchev–Trinajstić information content (AvgIpc) is 2.69. The Morgan fingerprint density at radius 2 is 1.89 bits per heavy atom. The van der Waals surface area contributed by atoms with Crippen LogP contribution in [0.3, 0.4) is 0 Å². The summed E-state index contributed by atoms with van der Waals surface area (Å²) in [6.45, 7) is 1.90. The summed E-state index contributed by atoms with van der Waals surface area (Å²) in [5.74, 6) is 1.02. The van der Waals surface area contributed by atoms with Gasteiger partial charge in [0.1, 0.15) is 11.5 Å². The van der Waals surface area contributed by atoms with Gasteiger partial charge in [0, 0.05) is 12.2 Å². The summed E-state index contributed by atoms with van der Waals surface area (Å²) < 4.78 is 10.5. The fraction of sp³-hybridized carbons (Fsp3) is 0.318. The Morgan fingerprint density at radius 3 is 2.59 bits per heavy atom. The van der Waals surface area contributed by atoms with Gasteiger partial charge in [0.15, 0.2) is 5.78 Å². The normalized spacial score (nSPS) is 11.0. The van der Waals surface area contributed by atoms with Gasteiger partial charge in [-0.1, -0.05) is 18.2 Å². The minimum absolute atomic E-state index is 0.131. The molecule has 0 heterocycles. The maximum Gasteiger partial charge on any atom is 0.189 e. The highest BCUT2D eigenvalue weighted by Gasteiger charge is 2.11. The molecule has 0 saturated carbocycles. The van der Waals surface area contributed by atoms with Crippen molar-refractivity contribution in [1.82, 2.24) is 4.90 Å².